The number of nitrogens with two attached hydrogens (primary N) is 1. The average molecular weight is 280 g/mol. The molecule has 0 bridgehead atoms. The number of halogens is 3. The van der Waals surface area contributed by atoms with Crippen LogP contribution in [-0.2, 0) is 4.79 Å². The van der Waals surface area contributed by atoms with Gasteiger partial charge in [-0.15, -0.1) is 0 Å². The highest BCUT2D eigenvalue weighted by Crippen LogP contribution is 2.39. The van der Waals surface area contributed by atoms with Gasteiger partial charge in [0.2, 0.25) is 5.91 Å². The number of alkyl halides is 3. The van der Waals surface area contributed by atoms with Crippen molar-refractivity contribution in [2.45, 2.75) is 45.2 Å². The first-order chi connectivity index (χ1) is 8.84. The number of hydrogen-bond donors (Lipinski definition) is 2. The SMILES string of the molecule is CC(CCN)CNC(=O)C1CCCC(C(F)(F)F)C1. The van der Waals surface area contributed by atoms with E-state index in [1.54, 1.807) is 0 Å². The molecule has 112 valence electrons. The van der Waals surface area contributed by atoms with Crippen LogP contribution in [0.4, 0.5) is 13.2 Å². The number of rotatable bonds is 5. The third kappa shape index (κ3) is 5.38. The number of carbonyl (C=O) groups excluding carboxylic acids is 1. The molecule has 1 amide bonds. The van der Waals surface area contributed by atoms with Gasteiger partial charge in [-0.25, -0.2) is 0 Å². The van der Waals surface area contributed by atoms with E-state index in [4.69, 9.17) is 5.73 Å². The maximum atomic E-state index is 12.6. The van der Waals surface area contributed by atoms with Gasteiger partial charge in [0.15, 0.2) is 0 Å². The molecule has 3 unspecified atom stereocenters. The van der Waals surface area contributed by atoms with Crippen LogP contribution in [0, 0.1) is 17.8 Å². The Morgan fingerprint density at radius 1 is 1.42 bits per heavy atom. The number of carbonyl (C=O) groups is 1. The van der Waals surface area contributed by atoms with E-state index in [2.05, 4.69) is 5.32 Å². The topological polar surface area (TPSA) is 55.1 Å². The lowest BCUT2D eigenvalue weighted by atomic mass is 9.80. The molecular weight excluding hydrogens is 257 g/mol. The fraction of sp³-hybridized carbons (Fsp3) is 0.923. The second kappa shape index (κ2) is 7.12. The smallest absolute Gasteiger partial charge is 0.356 e. The van der Waals surface area contributed by atoms with E-state index >= 15 is 0 Å². The molecule has 3 nitrogen and oxygen atoms in total. The minimum atomic E-state index is -4.17. The summed E-state index contributed by atoms with van der Waals surface area (Å²) in [5, 5.41) is 2.75. The van der Waals surface area contributed by atoms with Crippen molar-refractivity contribution in [1.29, 1.82) is 0 Å². The highest BCUT2D eigenvalue weighted by atomic mass is 19.4. The summed E-state index contributed by atoms with van der Waals surface area (Å²) >= 11 is 0. The summed E-state index contributed by atoms with van der Waals surface area (Å²) in [5.41, 5.74) is 5.41. The first-order valence-electron chi connectivity index (χ1n) is 6.89. The summed E-state index contributed by atoms with van der Waals surface area (Å²) in [7, 11) is 0. The van der Waals surface area contributed by atoms with Crippen LogP contribution in [0.5, 0.6) is 0 Å². The Labute approximate surface area is 112 Å². The van der Waals surface area contributed by atoms with Gasteiger partial charge in [-0.1, -0.05) is 13.3 Å². The molecule has 0 aromatic carbocycles. The van der Waals surface area contributed by atoms with E-state index in [9.17, 15) is 18.0 Å². The zero-order valence-electron chi connectivity index (χ0n) is 11.3. The minimum Gasteiger partial charge on any atom is -0.356 e. The second-order valence-electron chi connectivity index (χ2n) is 5.53. The summed E-state index contributed by atoms with van der Waals surface area (Å²) in [5.74, 6) is -1.79. The van der Waals surface area contributed by atoms with Crippen LogP contribution in [0.25, 0.3) is 0 Å². The molecule has 19 heavy (non-hydrogen) atoms. The maximum absolute atomic E-state index is 12.6. The molecule has 0 saturated heterocycles. The molecule has 1 rings (SSSR count). The summed E-state index contributed by atoms with van der Waals surface area (Å²) in [6.07, 6.45) is -2.26. The Hall–Kier alpha value is -0.780. The zero-order chi connectivity index (χ0) is 14.5. The number of hydrogen-bond acceptors (Lipinski definition) is 2. The largest absolute Gasteiger partial charge is 0.391 e. The molecule has 0 aromatic heterocycles. The first kappa shape index (κ1) is 16.3. The standard InChI is InChI=1S/C13H23F3N2O/c1-9(5-6-17)8-18-12(19)10-3-2-4-11(7-10)13(14,15)16/h9-11H,2-8,17H2,1H3,(H,18,19). The van der Waals surface area contributed by atoms with Crippen LogP contribution in [0.15, 0.2) is 0 Å². The molecule has 3 atom stereocenters. The van der Waals surface area contributed by atoms with Crippen molar-refractivity contribution in [3.63, 3.8) is 0 Å². The molecule has 1 aliphatic rings. The minimum absolute atomic E-state index is 0.0688. The molecule has 6 heteroatoms. The van der Waals surface area contributed by atoms with Crippen LogP contribution in [0.2, 0.25) is 0 Å². The van der Waals surface area contributed by atoms with Gasteiger partial charge < -0.3 is 11.1 Å². The lowest BCUT2D eigenvalue weighted by molar-refractivity contribution is -0.186. The Balaban J connectivity index is 2.40. The van der Waals surface area contributed by atoms with Crippen LogP contribution in [0.3, 0.4) is 0 Å². The van der Waals surface area contributed by atoms with E-state index in [1.165, 1.54) is 0 Å². The van der Waals surface area contributed by atoms with E-state index in [-0.39, 0.29) is 24.7 Å². The zero-order valence-corrected chi connectivity index (χ0v) is 11.3. The van der Waals surface area contributed by atoms with Gasteiger partial charge in [-0.3, -0.25) is 4.79 Å². The fourth-order valence-electron chi connectivity index (χ4n) is 2.53. The Morgan fingerprint density at radius 3 is 2.68 bits per heavy atom. The number of nitrogens with one attached hydrogen (secondary N) is 1. The molecule has 0 radical (unpaired) electrons. The summed E-state index contributed by atoms with van der Waals surface area (Å²) in [6.45, 7) is 3.01. The normalized spacial score (nSPS) is 25.9. The van der Waals surface area contributed by atoms with Gasteiger partial charge in [0.1, 0.15) is 0 Å². The van der Waals surface area contributed by atoms with Crippen molar-refractivity contribution in [3.05, 3.63) is 0 Å². The predicted octanol–water partition coefficient (Wildman–Crippen LogP) is 2.46. The van der Waals surface area contributed by atoms with Crippen molar-refractivity contribution in [3.8, 4) is 0 Å². The van der Waals surface area contributed by atoms with Crippen LogP contribution in [-0.4, -0.2) is 25.2 Å². The van der Waals surface area contributed by atoms with Crippen molar-refractivity contribution in [1.82, 2.24) is 5.32 Å². The second-order valence-corrected chi connectivity index (χ2v) is 5.53. The fourth-order valence-corrected chi connectivity index (χ4v) is 2.53. The van der Waals surface area contributed by atoms with E-state index < -0.39 is 18.0 Å². The Morgan fingerprint density at radius 2 is 2.11 bits per heavy atom. The predicted molar refractivity (Wildman–Crippen MR) is 67.3 cm³/mol. The van der Waals surface area contributed by atoms with E-state index in [0.717, 1.165) is 6.42 Å². The lowest BCUT2D eigenvalue weighted by Crippen LogP contribution is -2.39. The van der Waals surface area contributed by atoms with Crippen molar-refractivity contribution >= 4 is 5.91 Å². The quantitative estimate of drug-likeness (QED) is 0.812. The monoisotopic (exact) mass is 280 g/mol. The van der Waals surface area contributed by atoms with Gasteiger partial charge in [0.25, 0.3) is 0 Å². The van der Waals surface area contributed by atoms with Crippen molar-refractivity contribution < 1.29 is 18.0 Å². The van der Waals surface area contributed by atoms with Gasteiger partial charge in [0, 0.05) is 12.5 Å². The highest BCUT2D eigenvalue weighted by Gasteiger charge is 2.43. The summed E-state index contributed by atoms with van der Waals surface area (Å²) in [6, 6.07) is 0. The van der Waals surface area contributed by atoms with E-state index in [1.807, 2.05) is 6.92 Å². The third-order valence-electron chi connectivity index (χ3n) is 3.79. The maximum Gasteiger partial charge on any atom is 0.391 e. The van der Waals surface area contributed by atoms with E-state index in [0.29, 0.717) is 25.9 Å². The van der Waals surface area contributed by atoms with Crippen molar-refractivity contribution in [2.75, 3.05) is 13.1 Å². The molecule has 1 fully saturated rings. The Bertz CT molecular complexity index is 294. The molecular formula is C13H23F3N2O. The molecule has 1 aliphatic carbocycles. The molecule has 3 N–H and O–H groups in total. The molecule has 1 saturated carbocycles. The van der Waals surface area contributed by atoms with Gasteiger partial charge in [-0.2, -0.15) is 13.2 Å². The molecule has 0 spiro atoms. The summed E-state index contributed by atoms with van der Waals surface area (Å²) < 4.78 is 37.9. The van der Waals surface area contributed by atoms with Crippen LogP contribution in [0.1, 0.15) is 39.0 Å². The van der Waals surface area contributed by atoms with Crippen molar-refractivity contribution in [2.24, 2.45) is 23.5 Å². The molecule has 0 aromatic rings. The molecule has 0 aliphatic heterocycles. The lowest BCUT2D eigenvalue weighted by Gasteiger charge is -2.30. The molecule has 0 heterocycles. The van der Waals surface area contributed by atoms with Gasteiger partial charge in [0.05, 0.1) is 5.92 Å². The van der Waals surface area contributed by atoms with Crippen LogP contribution < -0.4 is 11.1 Å². The van der Waals surface area contributed by atoms with Crippen LogP contribution >= 0.6 is 0 Å². The van der Waals surface area contributed by atoms with Gasteiger partial charge >= 0.3 is 6.18 Å². The summed E-state index contributed by atoms with van der Waals surface area (Å²) in [4.78, 5) is 11.9. The average Bonchev–Trinajstić information content (AvgIpc) is 2.35. The van der Waals surface area contributed by atoms with Gasteiger partial charge in [-0.05, 0) is 38.1 Å². The third-order valence-corrected chi connectivity index (χ3v) is 3.79. The Kier molecular flexibility index (Phi) is 6.10. The highest BCUT2D eigenvalue weighted by molar-refractivity contribution is 5.78. The number of amides is 1. The first-order valence-corrected chi connectivity index (χ1v) is 6.89.